The minimum Gasteiger partial charge on any atom is -0.478 e. The van der Waals surface area contributed by atoms with Gasteiger partial charge in [0.2, 0.25) is 0 Å². The van der Waals surface area contributed by atoms with Gasteiger partial charge in [0.1, 0.15) is 5.54 Å². The molecule has 2 saturated heterocycles. The Hall–Kier alpha value is -2.41. The number of nitrogens with zero attached hydrogens (tertiary/aromatic N) is 2. The molecule has 2 aliphatic rings. The minimum atomic E-state index is -1.00. The van der Waals surface area contributed by atoms with Gasteiger partial charge in [0.05, 0.1) is 12.1 Å². The molecule has 0 unspecified atom stereocenters. The zero-order valence-corrected chi connectivity index (χ0v) is 15.2. The number of urea groups is 1. The molecule has 26 heavy (non-hydrogen) atoms. The Morgan fingerprint density at radius 2 is 1.81 bits per heavy atom. The van der Waals surface area contributed by atoms with Crippen LogP contribution in [0.15, 0.2) is 24.3 Å². The Morgan fingerprint density at radius 1 is 1.19 bits per heavy atom. The molecular weight excluding hydrogens is 334 g/mol. The van der Waals surface area contributed by atoms with Crippen molar-refractivity contribution in [3.05, 3.63) is 35.4 Å². The highest BCUT2D eigenvalue weighted by Gasteiger charge is 2.52. The number of hydrogen-bond acceptors (Lipinski definition) is 4. The largest absolute Gasteiger partial charge is 0.478 e. The number of rotatable bonds is 5. The van der Waals surface area contributed by atoms with Crippen molar-refractivity contribution in [2.45, 2.75) is 38.8 Å². The van der Waals surface area contributed by atoms with Gasteiger partial charge >= 0.3 is 12.0 Å². The molecule has 2 N–H and O–H groups in total. The second-order valence-electron chi connectivity index (χ2n) is 7.60. The first kappa shape index (κ1) is 18.4. The van der Waals surface area contributed by atoms with Gasteiger partial charge < -0.3 is 15.3 Å². The van der Waals surface area contributed by atoms with Gasteiger partial charge in [0.15, 0.2) is 0 Å². The second kappa shape index (κ2) is 7.07. The van der Waals surface area contributed by atoms with E-state index in [-0.39, 0.29) is 24.0 Å². The number of carbonyl (C=O) groups excluding carboxylic acids is 2. The molecule has 0 saturated carbocycles. The van der Waals surface area contributed by atoms with Gasteiger partial charge in [-0.05, 0) is 36.5 Å². The van der Waals surface area contributed by atoms with Gasteiger partial charge in [-0.2, -0.15) is 0 Å². The van der Waals surface area contributed by atoms with Crippen molar-refractivity contribution in [1.29, 1.82) is 0 Å². The SMILES string of the molecule is CC(C)CN1CCC2(CC1)NC(=O)N(Cc1ccc(C(=O)O)cc1)C2=O. The Balaban J connectivity index is 1.66. The molecule has 2 fully saturated rings. The summed E-state index contributed by atoms with van der Waals surface area (Å²) in [4.78, 5) is 39.8. The molecule has 3 amide bonds. The second-order valence-corrected chi connectivity index (χ2v) is 7.60. The molecule has 0 atom stereocenters. The van der Waals surface area contributed by atoms with Gasteiger partial charge in [-0.15, -0.1) is 0 Å². The number of amides is 3. The maximum atomic E-state index is 12.9. The standard InChI is InChI=1S/C19H25N3O4/c1-13(2)11-21-9-7-19(8-10-21)17(25)22(18(26)20-19)12-14-3-5-15(6-4-14)16(23)24/h3-6,13H,7-12H2,1-2H3,(H,20,26)(H,23,24). The molecular formula is C19H25N3O4. The van der Waals surface area contributed by atoms with Crippen LogP contribution in [0.3, 0.4) is 0 Å². The third-order valence-corrected chi connectivity index (χ3v) is 5.12. The smallest absolute Gasteiger partial charge is 0.335 e. The van der Waals surface area contributed by atoms with E-state index in [4.69, 9.17) is 5.11 Å². The summed E-state index contributed by atoms with van der Waals surface area (Å²) in [5.41, 5.74) is 0.124. The van der Waals surface area contributed by atoms with Crippen LogP contribution in [0.5, 0.6) is 0 Å². The van der Waals surface area contributed by atoms with E-state index in [2.05, 4.69) is 24.1 Å². The summed E-state index contributed by atoms with van der Waals surface area (Å²) in [6, 6.07) is 5.88. The summed E-state index contributed by atoms with van der Waals surface area (Å²) < 4.78 is 0. The van der Waals surface area contributed by atoms with Gasteiger partial charge in [0, 0.05) is 19.6 Å². The lowest BCUT2D eigenvalue weighted by Crippen LogP contribution is -2.55. The van der Waals surface area contributed by atoms with Crippen LogP contribution in [0.25, 0.3) is 0 Å². The lowest BCUT2D eigenvalue weighted by Gasteiger charge is -2.38. The molecule has 7 nitrogen and oxygen atoms in total. The topological polar surface area (TPSA) is 90.0 Å². The highest BCUT2D eigenvalue weighted by Crippen LogP contribution is 2.30. The molecule has 2 heterocycles. The average Bonchev–Trinajstić information content (AvgIpc) is 2.81. The van der Waals surface area contributed by atoms with Crippen LogP contribution in [-0.4, -0.2) is 58.0 Å². The number of carbonyl (C=O) groups is 3. The monoisotopic (exact) mass is 359 g/mol. The number of benzene rings is 1. The predicted molar refractivity (Wildman–Crippen MR) is 95.7 cm³/mol. The molecule has 2 aliphatic heterocycles. The number of carboxylic acid groups (broad SMARTS) is 1. The number of likely N-dealkylation sites (tertiary alicyclic amines) is 1. The fourth-order valence-electron chi connectivity index (χ4n) is 3.73. The van der Waals surface area contributed by atoms with Crippen molar-refractivity contribution in [3.8, 4) is 0 Å². The number of aromatic carboxylic acids is 1. The first-order valence-corrected chi connectivity index (χ1v) is 8.99. The van der Waals surface area contributed by atoms with Crippen LogP contribution in [0, 0.1) is 5.92 Å². The average molecular weight is 359 g/mol. The van der Waals surface area contributed by atoms with E-state index in [1.54, 1.807) is 12.1 Å². The van der Waals surface area contributed by atoms with Crippen molar-refractivity contribution in [2.75, 3.05) is 19.6 Å². The highest BCUT2D eigenvalue weighted by molar-refractivity contribution is 6.07. The van der Waals surface area contributed by atoms with Crippen LogP contribution in [-0.2, 0) is 11.3 Å². The van der Waals surface area contributed by atoms with Gasteiger partial charge in [0.25, 0.3) is 5.91 Å². The third kappa shape index (κ3) is 3.58. The molecule has 7 heteroatoms. The van der Waals surface area contributed by atoms with E-state index in [0.29, 0.717) is 18.8 Å². The van der Waals surface area contributed by atoms with Crippen LogP contribution in [0.4, 0.5) is 4.79 Å². The quantitative estimate of drug-likeness (QED) is 0.784. The van der Waals surface area contributed by atoms with E-state index < -0.39 is 11.5 Å². The summed E-state index contributed by atoms with van der Waals surface area (Å²) in [6.45, 7) is 7.09. The summed E-state index contributed by atoms with van der Waals surface area (Å²) in [6.07, 6.45) is 1.25. The maximum absolute atomic E-state index is 12.9. The molecule has 3 rings (SSSR count). The van der Waals surface area contributed by atoms with E-state index in [9.17, 15) is 14.4 Å². The van der Waals surface area contributed by atoms with Crippen molar-refractivity contribution >= 4 is 17.9 Å². The lowest BCUT2D eigenvalue weighted by molar-refractivity contribution is -0.133. The summed E-state index contributed by atoms with van der Waals surface area (Å²) in [5, 5.41) is 11.9. The Labute approximate surface area is 153 Å². The Kier molecular flexibility index (Phi) is 5.00. The number of imide groups is 1. The number of hydrogen-bond donors (Lipinski definition) is 2. The molecule has 140 valence electrons. The Bertz CT molecular complexity index is 706. The van der Waals surface area contributed by atoms with Gasteiger partial charge in [-0.3, -0.25) is 9.69 Å². The number of piperidine rings is 1. The molecule has 0 aromatic heterocycles. The van der Waals surface area contributed by atoms with Crippen molar-refractivity contribution < 1.29 is 19.5 Å². The van der Waals surface area contributed by atoms with Gasteiger partial charge in [-0.1, -0.05) is 26.0 Å². The summed E-state index contributed by atoms with van der Waals surface area (Å²) in [5.74, 6) is -0.601. The van der Waals surface area contributed by atoms with E-state index in [1.807, 2.05) is 0 Å². The van der Waals surface area contributed by atoms with Crippen LogP contribution >= 0.6 is 0 Å². The fourth-order valence-corrected chi connectivity index (χ4v) is 3.73. The Morgan fingerprint density at radius 3 is 2.35 bits per heavy atom. The third-order valence-electron chi connectivity index (χ3n) is 5.12. The normalized spacial score (nSPS) is 20.0. The molecule has 0 bridgehead atoms. The van der Waals surface area contributed by atoms with Crippen molar-refractivity contribution in [3.63, 3.8) is 0 Å². The van der Waals surface area contributed by atoms with Gasteiger partial charge in [-0.25, -0.2) is 9.59 Å². The van der Waals surface area contributed by atoms with E-state index in [0.717, 1.165) is 25.2 Å². The van der Waals surface area contributed by atoms with Crippen LogP contribution in [0.1, 0.15) is 42.6 Å². The summed E-state index contributed by atoms with van der Waals surface area (Å²) in [7, 11) is 0. The minimum absolute atomic E-state index is 0.155. The molecule has 0 radical (unpaired) electrons. The number of nitrogens with one attached hydrogen (secondary N) is 1. The fraction of sp³-hybridized carbons (Fsp3) is 0.526. The zero-order chi connectivity index (χ0) is 18.9. The van der Waals surface area contributed by atoms with E-state index >= 15 is 0 Å². The molecule has 0 aliphatic carbocycles. The first-order chi connectivity index (χ1) is 12.3. The zero-order valence-electron chi connectivity index (χ0n) is 15.2. The lowest BCUT2D eigenvalue weighted by atomic mass is 9.87. The summed E-state index contributed by atoms with van der Waals surface area (Å²) >= 11 is 0. The first-order valence-electron chi connectivity index (χ1n) is 8.99. The molecule has 1 aromatic carbocycles. The van der Waals surface area contributed by atoms with Crippen LogP contribution < -0.4 is 5.32 Å². The molecule has 1 spiro atoms. The van der Waals surface area contributed by atoms with Crippen LogP contribution in [0.2, 0.25) is 0 Å². The predicted octanol–water partition coefficient (Wildman–Crippen LogP) is 1.93. The number of carboxylic acids is 1. The van der Waals surface area contributed by atoms with Crippen molar-refractivity contribution in [2.24, 2.45) is 5.92 Å². The highest BCUT2D eigenvalue weighted by atomic mass is 16.4. The van der Waals surface area contributed by atoms with E-state index in [1.165, 1.54) is 17.0 Å². The van der Waals surface area contributed by atoms with Crippen molar-refractivity contribution in [1.82, 2.24) is 15.1 Å². The maximum Gasteiger partial charge on any atom is 0.335 e. The molecule has 1 aromatic rings.